The molecule has 4 aromatic rings. The Labute approximate surface area is 165 Å². The van der Waals surface area contributed by atoms with E-state index in [1.54, 1.807) is 29.6 Å². The SMILES string of the molecule is COc1cccc2cc(C(=O)Nc3c4c(nn3-c3ccccc3)CSC4)oc12. The van der Waals surface area contributed by atoms with Gasteiger partial charge in [0.1, 0.15) is 5.82 Å². The first-order chi connectivity index (χ1) is 13.7. The number of rotatable bonds is 4. The third-order valence-electron chi connectivity index (χ3n) is 4.74. The van der Waals surface area contributed by atoms with Gasteiger partial charge in [-0.15, -0.1) is 0 Å². The molecule has 0 spiro atoms. The summed E-state index contributed by atoms with van der Waals surface area (Å²) in [7, 11) is 1.58. The molecule has 0 bridgehead atoms. The van der Waals surface area contributed by atoms with Crippen molar-refractivity contribution in [1.29, 1.82) is 0 Å². The summed E-state index contributed by atoms with van der Waals surface area (Å²) >= 11 is 1.79. The minimum Gasteiger partial charge on any atom is -0.493 e. The summed E-state index contributed by atoms with van der Waals surface area (Å²) in [5.74, 6) is 2.90. The minimum atomic E-state index is -0.310. The number of para-hydroxylation sites is 2. The highest BCUT2D eigenvalue weighted by Crippen LogP contribution is 2.36. The number of carbonyl (C=O) groups excluding carboxylic acids is 1. The average molecular weight is 391 g/mol. The highest BCUT2D eigenvalue weighted by Gasteiger charge is 2.26. The molecule has 0 atom stereocenters. The van der Waals surface area contributed by atoms with E-state index in [1.807, 2.05) is 48.5 Å². The zero-order valence-corrected chi connectivity index (χ0v) is 16.0. The molecule has 1 aliphatic heterocycles. The maximum Gasteiger partial charge on any atom is 0.292 e. The Morgan fingerprint density at radius 3 is 2.86 bits per heavy atom. The summed E-state index contributed by atoms with van der Waals surface area (Å²) in [6.45, 7) is 0. The summed E-state index contributed by atoms with van der Waals surface area (Å²) in [5, 5.41) is 8.55. The van der Waals surface area contributed by atoms with E-state index >= 15 is 0 Å². The van der Waals surface area contributed by atoms with Crippen molar-refractivity contribution in [2.75, 3.05) is 12.4 Å². The Kier molecular flexibility index (Phi) is 4.09. The van der Waals surface area contributed by atoms with Gasteiger partial charge in [-0.25, -0.2) is 4.68 Å². The number of nitrogens with one attached hydrogen (secondary N) is 1. The fourth-order valence-corrected chi connectivity index (χ4v) is 4.41. The van der Waals surface area contributed by atoms with E-state index in [-0.39, 0.29) is 11.7 Å². The molecule has 5 rings (SSSR count). The number of aromatic nitrogens is 2. The highest BCUT2D eigenvalue weighted by atomic mass is 32.2. The molecule has 0 radical (unpaired) electrons. The number of amides is 1. The predicted octanol–water partition coefficient (Wildman–Crippen LogP) is 4.63. The number of carbonyl (C=O) groups is 1. The van der Waals surface area contributed by atoms with Gasteiger partial charge in [0.05, 0.1) is 18.5 Å². The fourth-order valence-electron chi connectivity index (χ4n) is 3.38. The van der Waals surface area contributed by atoms with Gasteiger partial charge in [-0.2, -0.15) is 16.9 Å². The molecule has 0 unspecified atom stereocenters. The minimum absolute atomic E-state index is 0.236. The lowest BCUT2D eigenvalue weighted by Gasteiger charge is -2.10. The number of anilines is 1. The molecule has 2 aromatic carbocycles. The third-order valence-corrected chi connectivity index (χ3v) is 5.71. The van der Waals surface area contributed by atoms with Crippen LogP contribution in [0.1, 0.15) is 21.8 Å². The van der Waals surface area contributed by atoms with E-state index in [4.69, 9.17) is 14.3 Å². The van der Waals surface area contributed by atoms with Gasteiger partial charge in [-0.1, -0.05) is 30.3 Å². The number of nitrogens with zero attached hydrogens (tertiary/aromatic N) is 2. The van der Waals surface area contributed by atoms with Gasteiger partial charge in [-0.3, -0.25) is 4.79 Å². The van der Waals surface area contributed by atoms with Crippen LogP contribution in [-0.2, 0) is 11.5 Å². The first-order valence-electron chi connectivity index (χ1n) is 8.86. The van der Waals surface area contributed by atoms with E-state index in [1.165, 1.54) is 0 Å². The quantitative estimate of drug-likeness (QED) is 0.549. The van der Waals surface area contributed by atoms with Crippen molar-refractivity contribution in [2.24, 2.45) is 0 Å². The van der Waals surface area contributed by atoms with Crippen molar-refractivity contribution in [3.8, 4) is 11.4 Å². The number of methoxy groups -OCH3 is 1. The molecule has 140 valence electrons. The van der Waals surface area contributed by atoms with Gasteiger partial charge in [-0.05, 0) is 24.3 Å². The van der Waals surface area contributed by atoms with Crippen LogP contribution in [0.3, 0.4) is 0 Å². The lowest BCUT2D eigenvalue weighted by Crippen LogP contribution is -2.15. The van der Waals surface area contributed by atoms with Crippen LogP contribution < -0.4 is 10.1 Å². The van der Waals surface area contributed by atoms with Crippen molar-refractivity contribution in [3.63, 3.8) is 0 Å². The lowest BCUT2D eigenvalue weighted by molar-refractivity contribution is 0.0997. The zero-order chi connectivity index (χ0) is 19.1. The summed E-state index contributed by atoms with van der Waals surface area (Å²) in [6.07, 6.45) is 0. The molecule has 28 heavy (non-hydrogen) atoms. The maximum atomic E-state index is 13.0. The molecular formula is C21H17N3O3S. The molecular weight excluding hydrogens is 374 g/mol. The highest BCUT2D eigenvalue weighted by molar-refractivity contribution is 7.98. The molecule has 1 aliphatic rings. The maximum absolute atomic E-state index is 13.0. The second kappa shape index (κ2) is 6.76. The second-order valence-corrected chi connectivity index (χ2v) is 7.44. The average Bonchev–Trinajstić information content (AvgIpc) is 3.43. The zero-order valence-electron chi connectivity index (χ0n) is 15.1. The second-order valence-electron chi connectivity index (χ2n) is 6.46. The van der Waals surface area contributed by atoms with Crippen molar-refractivity contribution in [2.45, 2.75) is 11.5 Å². The Morgan fingerprint density at radius 1 is 1.18 bits per heavy atom. The van der Waals surface area contributed by atoms with E-state index < -0.39 is 0 Å². The molecule has 3 heterocycles. The summed E-state index contributed by atoms with van der Waals surface area (Å²) in [4.78, 5) is 13.0. The van der Waals surface area contributed by atoms with Gasteiger partial charge in [0, 0.05) is 22.5 Å². The molecule has 6 nitrogen and oxygen atoms in total. The number of benzene rings is 2. The standard InChI is InChI=1S/C21H17N3O3S/c1-26-17-9-5-6-13-10-18(27-19(13)17)21(25)22-20-15-11-28-12-16(15)23-24(20)14-7-3-2-4-8-14/h2-10H,11-12H2,1H3,(H,22,25). The molecule has 7 heteroatoms. The van der Waals surface area contributed by atoms with E-state index in [0.29, 0.717) is 17.2 Å². The van der Waals surface area contributed by atoms with Crippen LogP contribution in [0, 0.1) is 0 Å². The monoisotopic (exact) mass is 391 g/mol. The Morgan fingerprint density at radius 2 is 2.04 bits per heavy atom. The lowest BCUT2D eigenvalue weighted by atomic mass is 10.2. The summed E-state index contributed by atoms with van der Waals surface area (Å²) in [5.41, 5.74) is 3.54. The molecule has 0 saturated carbocycles. The normalized spacial score (nSPS) is 12.9. The van der Waals surface area contributed by atoms with Crippen molar-refractivity contribution in [3.05, 3.63) is 71.6 Å². The Hall–Kier alpha value is -3.19. The van der Waals surface area contributed by atoms with Gasteiger partial charge in [0.25, 0.3) is 5.91 Å². The van der Waals surface area contributed by atoms with Gasteiger partial charge in [0.2, 0.25) is 0 Å². The van der Waals surface area contributed by atoms with Crippen LogP contribution >= 0.6 is 11.8 Å². The number of hydrogen-bond donors (Lipinski definition) is 1. The molecule has 0 fully saturated rings. The van der Waals surface area contributed by atoms with Gasteiger partial charge < -0.3 is 14.5 Å². The fraction of sp³-hybridized carbons (Fsp3) is 0.143. The predicted molar refractivity (Wildman–Crippen MR) is 109 cm³/mol. The smallest absolute Gasteiger partial charge is 0.292 e. The van der Waals surface area contributed by atoms with Crippen LogP contribution in [0.2, 0.25) is 0 Å². The number of fused-ring (bicyclic) bond motifs is 2. The first-order valence-corrected chi connectivity index (χ1v) is 10.0. The van der Waals surface area contributed by atoms with Gasteiger partial charge in [0.15, 0.2) is 17.1 Å². The van der Waals surface area contributed by atoms with Crippen molar-refractivity contribution in [1.82, 2.24) is 9.78 Å². The topological polar surface area (TPSA) is 69.3 Å². The van der Waals surface area contributed by atoms with E-state index in [9.17, 15) is 4.79 Å². The van der Waals surface area contributed by atoms with Crippen LogP contribution in [0.25, 0.3) is 16.7 Å². The van der Waals surface area contributed by atoms with Crippen LogP contribution in [0.5, 0.6) is 5.75 Å². The Balaban J connectivity index is 1.54. The Bertz CT molecular complexity index is 1180. The molecule has 2 aromatic heterocycles. The summed E-state index contributed by atoms with van der Waals surface area (Å²) < 4.78 is 12.9. The summed E-state index contributed by atoms with van der Waals surface area (Å²) in [6, 6.07) is 17.1. The van der Waals surface area contributed by atoms with Crippen molar-refractivity contribution >= 4 is 34.5 Å². The van der Waals surface area contributed by atoms with Crippen molar-refractivity contribution < 1.29 is 13.9 Å². The number of hydrogen-bond acceptors (Lipinski definition) is 5. The third kappa shape index (κ3) is 2.75. The molecule has 1 N–H and O–H groups in total. The number of thioether (sulfide) groups is 1. The van der Waals surface area contributed by atoms with Crippen LogP contribution in [-0.4, -0.2) is 22.8 Å². The first kappa shape index (κ1) is 16.9. The van der Waals surface area contributed by atoms with E-state index in [2.05, 4.69) is 5.32 Å². The van der Waals surface area contributed by atoms with Crippen LogP contribution in [0.15, 0.2) is 59.0 Å². The number of ether oxygens (including phenoxy) is 1. The molecule has 0 saturated heterocycles. The largest absolute Gasteiger partial charge is 0.493 e. The van der Waals surface area contributed by atoms with Gasteiger partial charge >= 0.3 is 0 Å². The number of furan rings is 1. The van der Waals surface area contributed by atoms with E-state index in [0.717, 1.165) is 33.8 Å². The molecule has 0 aliphatic carbocycles. The van der Waals surface area contributed by atoms with Crippen LogP contribution in [0.4, 0.5) is 5.82 Å². The molecule has 1 amide bonds.